The number of pyridine rings is 2. The molecule has 0 fully saturated rings. The summed E-state index contributed by atoms with van der Waals surface area (Å²) in [7, 11) is -3.81. The van der Waals surface area contributed by atoms with Crippen LogP contribution in [0.15, 0.2) is 66.0 Å². The monoisotopic (exact) mass is 372 g/mol. The Morgan fingerprint density at radius 2 is 1.85 bits per heavy atom. The number of nitrogens with one attached hydrogen (secondary N) is 2. The van der Waals surface area contributed by atoms with Crippen LogP contribution in [0.5, 0.6) is 0 Å². The van der Waals surface area contributed by atoms with Crippen LogP contribution in [0.25, 0.3) is 0 Å². The first kappa shape index (κ1) is 17.8. The van der Waals surface area contributed by atoms with Crippen molar-refractivity contribution in [2.45, 2.75) is 18.4 Å². The van der Waals surface area contributed by atoms with Crippen LogP contribution in [0.1, 0.15) is 11.1 Å². The summed E-state index contributed by atoms with van der Waals surface area (Å²) in [6.45, 7) is 2.12. The molecule has 0 saturated heterocycles. The van der Waals surface area contributed by atoms with E-state index < -0.39 is 15.8 Å². The molecule has 0 unspecified atom stereocenters. The summed E-state index contributed by atoms with van der Waals surface area (Å²) >= 11 is 0. The zero-order chi connectivity index (χ0) is 18.6. The van der Waals surface area contributed by atoms with Gasteiger partial charge in [0.1, 0.15) is 11.6 Å². The Hall–Kier alpha value is -3.00. The van der Waals surface area contributed by atoms with Gasteiger partial charge in [0.15, 0.2) is 0 Å². The van der Waals surface area contributed by atoms with Gasteiger partial charge in [0.05, 0.1) is 16.8 Å². The van der Waals surface area contributed by atoms with E-state index in [4.69, 9.17) is 0 Å². The lowest BCUT2D eigenvalue weighted by atomic mass is 10.2. The first-order valence-corrected chi connectivity index (χ1v) is 9.30. The van der Waals surface area contributed by atoms with Crippen molar-refractivity contribution in [2.75, 3.05) is 10.0 Å². The number of anilines is 2. The van der Waals surface area contributed by atoms with E-state index in [1.54, 1.807) is 31.5 Å². The fraction of sp³-hybridized carbons (Fsp3) is 0.111. The van der Waals surface area contributed by atoms with Crippen LogP contribution in [0, 0.1) is 12.7 Å². The maximum absolute atomic E-state index is 13.2. The third-order valence-corrected chi connectivity index (χ3v) is 5.21. The highest BCUT2D eigenvalue weighted by atomic mass is 32.2. The molecule has 1 aromatic carbocycles. The number of benzene rings is 1. The smallest absolute Gasteiger partial charge is 0.262 e. The Morgan fingerprint density at radius 1 is 1.08 bits per heavy atom. The molecular formula is C18H17FN4O2S. The van der Waals surface area contributed by atoms with Gasteiger partial charge in [0.2, 0.25) is 0 Å². The van der Waals surface area contributed by atoms with Crippen LogP contribution >= 0.6 is 0 Å². The molecule has 0 spiro atoms. The maximum Gasteiger partial charge on any atom is 0.262 e. The number of aryl methyl sites for hydroxylation is 1. The van der Waals surface area contributed by atoms with Crippen molar-refractivity contribution in [1.29, 1.82) is 0 Å². The van der Waals surface area contributed by atoms with Gasteiger partial charge in [-0.3, -0.25) is 9.71 Å². The molecule has 26 heavy (non-hydrogen) atoms. The fourth-order valence-corrected chi connectivity index (χ4v) is 3.65. The second kappa shape index (κ2) is 7.49. The predicted molar refractivity (Wildman–Crippen MR) is 97.7 cm³/mol. The van der Waals surface area contributed by atoms with E-state index in [2.05, 4.69) is 20.0 Å². The summed E-state index contributed by atoms with van der Waals surface area (Å²) in [5.74, 6) is 0.135. The molecule has 3 aromatic rings. The molecule has 0 aliphatic rings. The van der Waals surface area contributed by atoms with Gasteiger partial charge in [-0.05, 0) is 60.5 Å². The molecule has 134 valence electrons. The van der Waals surface area contributed by atoms with Crippen LogP contribution in [0.3, 0.4) is 0 Å². The highest BCUT2D eigenvalue weighted by Crippen LogP contribution is 2.20. The van der Waals surface area contributed by atoms with E-state index >= 15 is 0 Å². The first-order valence-electron chi connectivity index (χ1n) is 7.82. The summed E-state index contributed by atoms with van der Waals surface area (Å²) in [6.07, 6.45) is 4.84. The van der Waals surface area contributed by atoms with E-state index in [9.17, 15) is 12.8 Å². The minimum atomic E-state index is -3.81. The van der Waals surface area contributed by atoms with Crippen molar-refractivity contribution < 1.29 is 12.8 Å². The number of halogens is 1. The standard InChI is InChI=1S/C18H17FN4O2S/c1-13-10-15(19)2-4-17(13)26(24,25)23-16-3-5-18(22-12-16)21-11-14-6-8-20-9-7-14/h2-10,12,23H,11H2,1H3,(H,21,22). The molecule has 2 heterocycles. The van der Waals surface area contributed by atoms with Gasteiger partial charge in [-0.25, -0.2) is 17.8 Å². The van der Waals surface area contributed by atoms with Crippen LogP contribution in [0.2, 0.25) is 0 Å². The molecule has 0 aliphatic carbocycles. The predicted octanol–water partition coefficient (Wildman–Crippen LogP) is 3.34. The second-order valence-electron chi connectivity index (χ2n) is 5.66. The van der Waals surface area contributed by atoms with Gasteiger partial charge >= 0.3 is 0 Å². The van der Waals surface area contributed by atoms with Gasteiger partial charge in [-0.15, -0.1) is 0 Å². The van der Waals surface area contributed by atoms with E-state index in [1.165, 1.54) is 18.3 Å². The zero-order valence-electron chi connectivity index (χ0n) is 14.0. The number of nitrogens with zero attached hydrogens (tertiary/aromatic N) is 2. The highest BCUT2D eigenvalue weighted by molar-refractivity contribution is 7.92. The van der Waals surface area contributed by atoms with E-state index in [0.29, 0.717) is 23.6 Å². The SMILES string of the molecule is Cc1cc(F)ccc1S(=O)(=O)Nc1ccc(NCc2ccncc2)nc1. The number of hydrogen-bond donors (Lipinski definition) is 2. The summed E-state index contributed by atoms with van der Waals surface area (Å²) in [6, 6.07) is 10.6. The highest BCUT2D eigenvalue weighted by Gasteiger charge is 2.17. The molecule has 6 nitrogen and oxygen atoms in total. The minimum Gasteiger partial charge on any atom is -0.366 e. The van der Waals surface area contributed by atoms with E-state index in [-0.39, 0.29) is 4.90 Å². The Balaban J connectivity index is 1.68. The molecule has 2 N–H and O–H groups in total. The Morgan fingerprint density at radius 3 is 2.50 bits per heavy atom. The van der Waals surface area contributed by atoms with Gasteiger partial charge in [-0.2, -0.15) is 0 Å². The zero-order valence-corrected chi connectivity index (χ0v) is 14.8. The molecule has 2 aromatic heterocycles. The van der Waals surface area contributed by atoms with Crippen molar-refractivity contribution in [2.24, 2.45) is 0 Å². The number of hydrogen-bond acceptors (Lipinski definition) is 5. The molecule has 0 bridgehead atoms. The summed E-state index contributed by atoms with van der Waals surface area (Å²) in [5.41, 5.74) is 1.71. The van der Waals surface area contributed by atoms with Gasteiger partial charge in [0.25, 0.3) is 10.0 Å². The van der Waals surface area contributed by atoms with E-state index in [1.807, 2.05) is 12.1 Å². The van der Waals surface area contributed by atoms with Crippen molar-refractivity contribution in [3.05, 3.63) is 78.0 Å². The molecule has 0 radical (unpaired) electrons. The van der Waals surface area contributed by atoms with Crippen molar-refractivity contribution in [3.63, 3.8) is 0 Å². The third-order valence-electron chi connectivity index (χ3n) is 3.67. The van der Waals surface area contributed by atoms with Crippen LogP contribution in [0.4, 0.5) is 15.9 Å². The molecule has 0 saturated carbocycles. The van der Waals surface area contributed by atoms with Crippen molar-refractivity contribution in [1.82, 2.24) is 9.97 Å². The second-order valence-corrected chi connectivity index (χ2v) is 7.31. The summed E-state index contributed by atoms with van der Waals surface area (Å²) in [5, 5.41) is 3.14. The van der Waals surface area contributed by atoms with Gasteiger partial charge < -0.3 is 5.32 Å². The molecule has 0 amide bonds. The minimum absolute atomic E-state index is 0.0267. The molecule has 8 heteroatoms. The largest absolute Gasteiger partial charge is 0.366 e. The molecular weight excluding hydrogens is 355 g/mol. The molecule has 3 rings (SSSR count). The number of aromatic nitrogens is 2. The van der Waals surface area contributed by atoms with Crippen molar-refractivity contribution in [3.8, 4) is 0 Å². The maximum atomic E-state index is 13.2. The van der Waals surface area contributed by atoms with E-state index in [0.717, 1.165) is 11.6 Å². The van der Waals surface area contributed by atoms with Gasteiger partial charge in [0, 0.05) is 18.9 Å². The van der Waals surface area contributed by atoms with Crippen LogP contribution < -0.4 is 10.0 Å². The van der Waals surface area contributed by atoms with Crippen LogP contribution in [-0.2, 0) is 16.6 Å². The molecule has 0 aliphatic heterocycles. The Kier molecular flexibility index (Phi) is 5.13. The number of sulfonamides is 1. The lowest BCUT2D eigenvalue weighted by Crippen LogP contribution is -2.14. The lowest BCUT2D eigenvalue weighted by molar-refractivity contribution is 0.598. The topological polar surface area (TPSA) is 84.0 Å². The Labute approximate surface area is 151 Å². The first-order chi connectivity index (χ1) is 12.4. The Bertz CT molecular complexity index is 993. The normalized spacial score (nSPS) is 11.2. The van der Waals surface area contributed by atoms with Gasteiger partial charge in [-0.1, -0.05) is 0 Å². The summed E-state index contributed by atoms with van der Waals surface area (Å²) in [4.78, 5) is 8.17. The molecule has 0 atom stereocenters. The summed E-state index contributed by atoms with van der Waals surface area (Å²) < 4.78 is 40.5. The van der Waals surface area contributed by atoms with Crippen molar-refractivity contribution >= 4 is 21.5 Å². The third kappa shape index (κ3) is 4.34. The number of rotatable bonds is 6. The lowest BCUT2D eigenvalue weighted by Gasteiger charge is -2.11. The average Bonchev–Trinajstić information content (AvgIpc) is 2.61. The van der Waals surface area contributed by atoms with Crippen LogP contribution in [-0.4, -0.2) is 18.4 Å². The fourth-order valence-electron chi connectivity index (χ4n) is 2.38. The average molecular weight is 372 g/mol. The quantitative estimate of drug-likeness (QED) is 0.693.